The van der Waals surface area contributed by atoms with Gasteiger partial charge in [0, 0.05) is 11.7 Å². The summed E-state index contributed by atoms with van der Waals surface area (Å²) in [6.07, 6.45) is 2.99. The lowest BCUT2D eigenvalue weighted by atomic mass is 10.0. The molecule has 1 unspecified atom stereocenters. The van der Waals surface area contributed by atoms with Gasteiger partial charge in [-0.15, -0.1) is 0 Å². The molecule has 114 valence electrons. The first-order valence-electron chi connectivity index (χ1n) is 7.11. The first-order chi connectivity index (χ1) is 9.22. The molecular weight excluding hydrogens is 272 g/mol. The highest BCUT2D eigenvalue weighted by atomic mass is 32.2. The van der Waals surface area contributed by atoms with Crippen LogP contribution in [0.2, 0.25) is 0 Å². The number of aryl methyl sites for hydroxylation is 1. The van der Waals surface area contributed by atoms with Gasteiger partial charge >= 0.3 is 0 Å². The van der Waals surface area contributed by atoms with E-state index in [1.165, 1.54) is 6.07 Å². The van der Waals surface area contributed by atoms with Gasteiger partial charge < -0.3 is 5.73 Å². The van der Waals surface area contributed by atoms with Crippen LogP contribution in [0.25, 0.3) is 0 Å². The van der Waals surface area contributed by atoms with Crippen molar-refractivity contribution < 1.29 is 8.42 Å². The first-order valence-corrected chi connectivity index (χ1v) is 8.59. The molecule has 1 aromatic rings. The Kier molecular flexibility index (Phi) is 6.02. The number of hydrogen-bond acceptors (Lipinski definition) is 3. The molecule has 0 saturated heterocycles. The smallest absolute Gasteiger partial charge is 0.240 e. The van der Waals surface area contributed by atoms with E-state index >= 15 is 0 Å². The van der Waals surface area contributed by atoms with Crippen molar-refractivity contribution in [2.45, 2.75) is 57.9 Å². The van der Waals surface area contributed by atoms with Gasteiger partial charge in [0.2, 0.25) is 10.0 Å². The normalized spacial score (nSPS) is 13.7. The summed E-state index contributed by atoms with van der Waals surface area (Å²) in [6, 6.07) is 4.77. The highest BCUT2D eigenvalue weighted by molar-refractivity contribution is 7.89. The Morgan fingerprint density at radius 1 is 1.20 bits per heavy atom. The third-order valence-electron chi connectivity index (χ3n) is 3.34. The van der Waals surface area contributed by atoms with Crippen LogP contribution in [0.5, 0.6) is 0 Å². The van der Waals surface area contributed by atoms with Crippen LogP contribution in [0.1, 0.15) is 45.6 Å². The average molecular weight is 298 g/mol. The predicted octanol–water partition coefficient (Wildman–Crippen LogP) is 3.07. The van der Waals surface area contributed by atoms with E-state index in [4.69, 9.17) is 5.73 Å². The maximum Gasteiger partial charge on any atom is 0.240 e. The average Bonchev–Trinajstić information content (AvgIpc) is 2.31. The van der Waals surface area contributed by atoms with Gasteiger partial charge in [0.1, 0.15) is 0 Å². The van der Waals surface area contributed by atoms with Crippen molar-refractivity contribution >= 4 is 15.7 Å². The van der Waals surface area contributed by atoms with Crippen LogP contribution < -0.4 is 10.5 Å². The van der Waals surface area contributed by atoms with E-state index in [2.05, 4.69) is 18.6 Å². The van der Waals surface area contributed by atoms with Crippen LogP contribution >= 0.6 is 0 Å². The molecule has 0 spiro atoms. The molecule has 20 heavy (non-hydrogen) atoms. The molecule has 0 aliphatic carbocycles. The molecule has 1 atom stereocenters. The molecule has 1 rings (SSSR count). The highest BCUT2D eigenvalue weighted by Crippen LogP contribution is 2.18. The number of nitrogen functional groups attached to an aromatic ring is 1. The fraction of sp³-hybridized carbons (Fsp3) is 0.600. The van der Waals surface area contributed by atoms with Crippen molar-refractivity contribution in [2.75, 3.05) is 5.73 Å². The largest absolute Gasteiger partial charge is 0.398 e. The number of benzene rings is 1. The molecule has 0 saturated carbocycles. The number of sulfonamides is 1. The van der Waals surface area contributed by atoms with Crippen molar-refractivity contribution in [3.05, 3.63) is 23.8 Å². The zero-order valence-corrected chi connectivity index (χ0v) is 13.6. The SMILES string of the molecule is Cc1ccc(S(=O)(=O)NC(C)CCCC(C)C)cc1N. The Morgan fingerprint density at radius 2 is 1.85 bits per heavy atom. The number of hydrogen-bond donors (Lipinski definition) is 2. The molecule has 0 bridgehead atoms. The number of rotatable bonds is 7. The second-order valence-corrected chi connectivity index (χ2v) is 7.58. The van der Waals surface area contributed by atoms with E-state index in [-0.39, 0.29) is 10.9 Å². The molecule has 5 heteroatoms. The summed E-state index contributed by atoms with van der Waals surface area (Å²) in [5.41, 5.74) is 7.15. The zero-order valence-electron chi connectivity index (χ0n) is 12.8. The lowest BCUT2D eigenvalue weighted by molar-refractivity contribution is 0.488. The van der Waals surface area contributed by atoms with E-state index in [1.54, 1.807) is 12.1 Å². The fourth-order valence-electron chi connectivity index (χ4n) is 2.01. The number of anilines is 1. The van der Waals surface area contributed by atoms with Gasteiger partial charge in [-0.05, 0) is 43.9 Å². The summed E-state index contributed by atoms with van der Waals surface area (Å²) in [4.78, 5) is 0.233. The summed E-state index contributed by atoms with van der Waals surface area (Å²) < 4.78 is 27.2. The van der Waals surface area contributed by atoms with Crippen LogP contribution in [0, 0.1) is 12.8 Å². The van der Waals surface area contributed by atoms with Crippen LogP contribution in [-0.2, 0) is 10.0 Å². The minimum absolute atomic E-state index is 0.0683. The van der Waals surface area contributed by atoms with Crippen molar-refractivity contribution in [1.29, 1.82) is 0 Å². The quantitative estimate of drug-likeness (QED) is 0.760. The van der Waals surface area contributed by atoms with Crippen LogP contribution in [-0.4, -0.2) is 14.5 Å². The van der Waals surface area contributed by atoms with Crippen LogP contribution in [0.15, 0.2) is 23.1 Å². The maximum atomic E-state index is 12.2. The Morgan fingerprint density at radius 3 is 2.40 bits per heavy atom. The third kappa shape index (κ3) is 5.13. The lowest BCUT2D eigenvalue weighted by Gasteiger charge is -2.15. The Hall–Kier alpha value is -1.07. The van der Waals surface area contributed by atoms with Gasteiger partial charge in [0.05, 0.1) is 4.90 Å². The molecule has 0 fully saturated rings. The summed E-state index contributed by atoms with van der Waals surface area (Å²) in [6.45, 7) is 8.09. The second-order valence-electron chi connectivity index (χ2n) is 5.87. The number of nitrogens with two attached hydrogens (primary N) is 1. The standard InChI is InChI=1S/C15H26N2O2S/c1-11(2)6-5-7-13(4)17-20(18,19)14-9-8-12(3)15(16)10-14/h8-11,13,17H,5-7,16H2,1-4H3. The molecule has 3 N–H and O–H groups in total. The minimum Gasteiger partial charge on any atom is -0.398 e. The Labute approximate surface area is 122 Å². The maximum absolute atomic E-state index is 12.2. The molecule has 0 amide bonds. The van der Waals surface area contributed by atoms with Gasteiger partial charge in [0.25, 0.3) is 0 Å². The Balaban J connectivity index is 2.67. The molecule has 0 aromatic heterocycles. The minimum atomic E-state index is -3.48. The van der Waals surface area contributed by atoms with E-state index < -0.39 is 10.0 Å². The fourth-order valence-corrected chi connectivity index (χ4v) is 3.32. The molecule has 0 aliphatic rings. The van der Waals surface area contributed by atoms with Gasteiger partial charge in [-0.25, -0.2) is 13.1 Å². The lowest BCUT2D eigenvalue weighted by Crippen LogP contribution is -2.32. The van der Waals surface area contributed by atoms with Crippen LogP contribution in [0.4, 0.5) is 5.69 Å². The van der Waals surface area contributed by atoms with E-state index in [0.717, 1.165) is 24.8 Å². The summed E-state index contributed by atoms with van der Waals surface area (Å²) in [5.74, 6) is 0.649. The molecule has 0 radical (unpaired) electrons. The monoisotopic (exact) mass is 298 g/mol. The van der Waals surface area contributed by atoms with Crippen molar-refractivity contribution in [2.24, 2.45) is 5.92 Å². The third-order valence-corrected chi connectivity index (χ3v) is 4.92. The highest BCUT2D eigenvalue weighted by Gasteiger charge is 2.17. The first kappa shape index (κ1) is 17.0. The van der Waals surface area contributed by atoms with Crippen molar-refractivity contribution in [3.63, 3.8) is 0 Å². The van der Waals surface area contributed by atoms with Crippen LogP contribution in [0.3, 0.4) is 0 Å². The number of nitrogens with one attached hydrogen (secondary N) is 1. The summed E-state index contributed by atoms with van der Waals surface area (Å²) >= 11 is 0. The molecule has 0 heterocycles. The van der Waals surface area contributed by atoms with Gasteiger partial charge in [-0.2, -0.15) is 0 Å². The molecular formula is C15H26N2O2S. The molecule has 0 aliphatic heterocycles. The topological polar surface area (TPSA) is 72.2 Å². The van der Waals surface area contributed by atoms with Gasteiger partial charge in [-0.3, -0.25) is 0 Å². The van der Waals surface area contributed by atoms with Crippen molar-refractivity contribution in [3.8, 4) is 0 Å². The van der Waals surface area contributed by atoms with E-state index in [1.807, 2.05) is 13.8 Å². The van der Waals surface area contributed by atoms with E-state index in [0.29, 0.717) is 11.6 Å². The van der Waals surface area contributed by atoms with Gasteiger partial charge in [-0.1, -0.05) is 32.8 Å². The van der Waals surface area contributed by atoms with E-state index in [9.17, 15) is 8.42 Å². The molecule has 1 aromatic carbocycles. The Bertz CT molecular complexity index is 539. The van der Waals surface area contributed by atoms with Crippen molar-refractivity contribution in [1.82, 2.24) is 4.72 Å². The summed E-state index contributed by atoms with van der Waals surface area (Å²) in [7, 11) is -3.48. The predicted molar refractivity (Wildman–Crippen MR) is 84.1 cm³/mol. The molecule has 4 nitrogen and oxygen atoms in total. The zero-order chi connectivity index (χ0) is 15.3. The second kappa shape index (κ2) is 7.09. The van der Waals surface area contributed by atoms with Gasteiger partial charge in [0.15, 0.2) is 0 Å². The summed E-state index contributed by atoms with van der Waals surface area (Å²) in [5, 5.41) is 0.